The first-order chi connectivity index (χ1) is 13.1. The van der Waals surface area contributed by atoms with Crippen molar-refractivity contribution in [2.75, 3.05) is 12.4 Å². The molecule has 0 bridgehead atoms. The third-order valence-electron chi connectivity index (χ3n) is 4.30. The molecule has 0 fully saturated rings. The van der Waals surface area contributed by atoms with Crippen LogP contribution in [0.25, 0.3) is 16.9 Å². The Bertz CT molecular complexity index is 1130. The summed E-state index contributed by atoms with van der Waals surface area (Å²) in [5, 5.41) is 3.48. The average molecular weight is 378 g/mol. The highest BCUT2D eigenvalue weighted by atomic mass is 32.1. The summed E-state index contributed by atoms with van der Waals surface area (Å²) in [4.78, 5) is 22.9. The lowest BCUT2D eigenvalue weighted by Crippen LogP contribution is -2.15. The molecule has 1 aromatic carbocycles. The van der Waals surface area contributed by atoms with Crippen molar-refractivity contribution in [2.45, 2.75) is 13.8 Å². The maximum Gasteiger partial charge on any atom is 0.276 e. The smallest absolute Gasteiger partial charge is 0.276 e. The number of hydrogen-bond donors (Lipinski definition) is 1. The predicted octanol–water partition coefficient (Wildman–Crippen LogP) is 4.34. The lowest BCUT2D eigenvalue weighted by atomic mass is 10.1. The molecule has 1 N–H and O–H groups in total. The van der Waals surface area contributed by atoms with Gasteiger partial charge in [-0.2, -0.15) is 0 Å². The van der Waals surface area contributed by atoms with Gasteiger partial charge >= 0.3 is 0 Å². The molecule has 0 aliphatic rings. The molecule has 4 aromatic rings. The molecule has 27 heavy (non-hydrogen) atoms. The quantitative estimate of drug-likeness (QED) is 0.574. The number of rotatable bonds is 4. The molecule has 0 saturated carbocycles. The zero-order valence-corrected chi connectivity index (χ0v) is 16.0. The van der Waals surface area contributed by atoms with E-state index < -0.39 is 0 Å². The van der Waals surface area contributed by atoms with Crippen LogP contribution in [0.3, 0.4) is 0 Å². The van der Waals surface area contributed by atoms with Crippen LogP contribution in [0.2, 0.25) is 0 Å². The summed E-state index contributed by atoms with van der Waals surface area (Å²) in [6, 6.07) is 13.4. The fourth-order valence-corrected chi connectivity index (χ4v) is 3.84. The highest BCUT2D eigenvalue weighted by Crippen LogP contribution is 2.31. The van der Waals surface area contributed by atoms with E-state index in [2.05, 4.69) is 15.3 Å². The number of fused-ring (bicyclic) bond motifs is 1. The second-order valence-corrected chi connectivity index (χ2v) is 7.28. The first-order valence-electron chi connectivity index (χ1n) is 8.43. The van der Waals surface area contributed by atoms with Crippen molar-refractivity contribution in [2.24, 2.45) is 0 Å². The number of carbonyl (C=O) groups is 1. The lowest BCUT2D eigenvalue weighted by Gasteiger charge is -2.03. The maximum atomic E-state index is 12.8. The standard InChI is InChI=1S/C20H18N4O2S/c1-12-18(24-11-5-4-6-16(24)21-12)19(25)23-20-22-17(13(2)27-20)14-7-9-15(26-3)10-8-14/h4-11H,1-3H3,(H,22,23,25). The van der Waals surface area contributed by atoms with Crippen molar-refractivity contribution in [3.8, 4) is 17.0 Å². The number of nitrogens with one attached hydrogen (secondary N) is 1. The SMILES string of the molecule is COc1ccc(-c2nc(NC(=O)c3c(C)nc4ccccn34)sc2C)cc1. The maximum absolute atomic E-state index is 12.8. The first kappa shape index (κ1) is 17.2. The summed E-state index contributed by atoms with van der Waals surface area (Å²) >= 11 is 1.45. The van der Waals surface area contributed by atoms with Gasteiger partial charge in [0.25, 0.3) is 5.91 Å². The van der Waals surface area contributed by atoms with E-state index in [1.165, 1.54) is 11.3 Å². The zero-order chi connectivity index (χ0) is 19.0. The number of ether oxygens (including phenoxy) is 1. The van der Waals surface area contributed by atoms with E-state index in [1.807, 2.05) is 62.5 Å². The summed E-state index contributed by atoms with van der Waals surface area (Å²) < 4.78 is 6.98. The molecule has 7 heteroatoms. The average Bonchev–Trinajstić information content (AvgIpc) is 3.20. The van der Waals surface area contributed by atoms with Gasteiger partial charge in [0.05, 0.1) is 18.5 Å². The number of carbonyl (C=O) groups excluding carboxylic acids is 1. The Balaban J connectivity index is 1.63. The normalized spacial score (nSPS) is 10.9. The Labute approximate surface area is 160 Å². The second kappa shape index (κ2) is 6.85. The number of methoxy groups -OCH3 is 1. The van der Waals surface area contributed by atoms with Crippen LogP contribution in [0.5, 0.6) is 5.75 Å². The summed E-state index contributed by atoms with van der Waals surface area (Å²) in [6.45, 7) is 3.82. The minimum absolute atomic E-state index is 0.221. The van der Waals surface area contributed by atoms with E-state index in [-0.39, 0.29) is 5.91 Å². The van der Waals surface area contributed by atoms with Gasteiger partial charge in [-0.1, -0.05) is 6.07 Å². The van der Waals surface area contributed by atoms with Crippen LogP contribution in [-0.2, 0) is 0 Å². The number of anilines is 1. The highest BCUT2D eigenvalue weighted by molar-refractivity contribution is 7.16. The van der Waals surface area contributed by atoms with Gasteiger partial charge < -0.3 is 4.74 Å². The Hall–Kier alpha value is -3.19. The van der Waals surface area contributed by atoms with Crippen LogP contribution >= 0.6 is 11.3 Å². The van der Waals surface area contributed by atoms with Gasteiger partial charge in [-0.15, -0.1) is 11.3 Å². The molecule has 3 aromatic heterocycles. The summed E-state index contributed by atoms with van der Waals surface area (Å²) in [5.41, 5.74) is 3.78. The minimum atomic E-state index is -0.221. The molecular weight excluding hydrogens is 360 g/mol. The third-order valence-corrected chi connectivity index (χ3v) is 5.19. The van der Waals surface area contributed by atoms with Gasteiger partial charge in [-0.3, -0.25) is 14.5 Å². The van der Waals surface area contributed by atoms with Gasteiger partial charge in [0.15, 0.2) is 5.13 Å². The monoisotopic (exact) mass is 378 g/mol. The van der Waals surface area contributed by atoms with Crippen LogP contribution in [0.4, 0.5) is 5.13 Å². The van der Waals surface area contributed by atoms with Gasteiger partial charge in [0.2, 0.25) is 0 Å². The first-order valence-corrected chi connectivity index (χ1v) is 9.25. The van der Waals surface area contributed by atoms with Crippen molar-refractivity contribution in [1.29, 1.82) is 0 Å². The molecule has 0 atom stereocenters. The molecule has 136 valence electrons. The Morgan fingerprint density at radius 3 is 2.63 bits per heavy atom. The van der Waals surface area contributed by atoms with Crippen LogP contribution in [0.15, 0.2) is 48.7 Å². The van der Waals surface area contributed by atoms with Gasteiger partial charge in [-0.05, 0) is 50.2 Å². The highest BCUT2D eigenvalue weighted by Gasteiger charge is 2.19. The Morgan fingerprint density at radius 2 is 1.89 bits per heavy atom. The van der Waals surface area contributed by atoms with E-state index in [1.54, 1.807) is 11.5 Å². The third kappa shape index (κ3) is 3.17. The van der Waals surface area contributed by atoms with Gasteiger partial charge in [-0.25, -0.2) is 9.97 Å². The Morgan fingerprint density at radius 1 is 1.11 bits per heavy atom. The molecular formula is C20H18N4O2S. The van der Waals surface area contributed by atoms with Crippen molar-refractivity contribution in [1.82, 2.24) is 14.4 Å². The van der Waals surface area contributed by atoms with Crippen molar-refractivity contribution >= 4 is 28.0 Å². The number of aromatic nitrogens is 3. The largest absolute Gasteiger partial charge is 0.497 e. The van der Waals surface area contributed by atoms with Crippen molar-refractivity contribution in [3.05, 3.63) is 64.9 Å². The number of benzene rings is 1. The van der Waals surface area contributed by atoms with Crippen LogP contribution < -0.4 is 10.1 Å². The molecule has 3 heterocycles. The van der Waals surface area contributed by atoms with E-state index in [4.69, 9.17) is 4.74 Å². The zero-order valence-electron chi connectivity index (χ0n) is 15.2. The molecule has 0 unspecified atom stereocenters. The number of nitrogens with zero attached hydrogens (tertiary/aromatic N) is 3. The van der Waals surface area contributed by atoms with Crippen LogP contribution in [0, 0.1) is 13.8 Å². The number of thiazole rings is 1. The molecule has 0 saturated heterocycles. The van der Waals surface area contributed by atoms with Crippen molar-refractivity contribution in [3.63, 3.8) is 0 Å². The number of imidazole rings is 1. The molecule has 0 spiro atoms. The van der Waals surface area contributed by atoms with E-state index >= 15 is 0 Å². The summed E-state index contributed by atoms with van der Waals surface area (Å²) in [7, 11) is 1.64. The molecule has 0 aliphatic carbocycles. The summed E-state index contributed by atoms with van der Waals surface area (Å²) in [6.07, 6.45) is 1.83. The van der Waals surface area contributed by atoms with E-state index in [0.717, 1.165) is 27.5 Å². The van der Waals surface area contributed by atoms with Crippen LogP contribution in [-0.4, -0.2) is 27.4 Å². The minimum Gasteiger partial charge on any atom is -0.497 e. The van der Waals surface area contributed by atoms with Gasteiger partial charge in [0.1, 0.15) is 17.1 Å². The number of aryl methyl sites for hydroxylation is 2. The summed E-state index contributed by atoms with van der Waals surface area (Å²) in [5.74, 6) is 0.574. The fraction of sp³-hybridized carbons (Fsp3) is 0.150. The van der Waals surface area contributed by atoms with E-state index in [0.29, 0.717) is 16.5 Å². The van der Waals surface area contributed by atoms with Crippen LogP contribution in [0.1, 0.15) is 21.1 Å². The Kier molecular flexibility index (Phi) is 4.37. The molecule has 0 radical (unpaired) electrons. The second-order valence-electron chi connectivity index (χ2n) is 6.08. The number of hydrogen-bond acceptors (Lipinski definition) is 5. The molecule has 0 aliphatic heterocycles. The molecule has 1 amide bonds. The van der Waals surface area contributed by atoms with E-state index in [9.17, 15) is 4.79 Å². The predicted molar refractivity (Wildman–Crippen MR) is 107 cm³/mol. The molecule has 4 rings (SSSR count). The lowest BCUT2D eigenvalue weighted by molar-refractivity contribution is 0.102. The number of pyridine rings is 1. The fourth-order valence-electron chi connectivity index (χ4n) is 3.01. The molecule has 6 nitrogen and oxygen atoms in total. The van der Waals surface area contributed by atoms with Gasteiger partial charge in [0, 0.05) is 16.6 Å². The number of amides is 1. The van der Waals surface area contributed by atoms with Crippen molar-refractivity contribution < 1.29 is 9.53 Å². The topological polar surface area (TPSA) is 68.5 Å².